The molecule has 0 rings (SSSR count). The number of methoxy groups -OCH3 is 1. The quantitative estimate of drug-likeness (QED) is 0.633. The molecule has 0 aliphatic carbocycles. The Balaban J connectivity index is 4.33. The molecule has 5 nitrogen and oxygen atoms in total. The predicted molar refractivity (Wildman–Crippen MR) is 62.0 cm³/mol. The van der Waals surface area contributed by atoms with E-state index in [-0.39, 0.29) is 23.8 Å². The first-order chi connectivity index (χ1) is 7.31. The average molecular weight is 230 g/mol. The number of nitrogens with zero attached hydrogens (tertiary/aromatic N) is 2. The molecule has 0 aliphatic rings. The lowest BCUT2D eigenvalue weighted by atomic mass is 10.0. The maximum atomic E-state index is 11.5. The Labute approximate surface area is 97.3 Å². The van der Waals surface area contributed by atoms with Crippen molar-refractivity contribution in [1.29, 1.82) is 0 Å². The van der Waals surface area contributed by atoms with E-state index in [0.29, 0.717) is 6.54 Å². The Hall–Kier alpha value is -1.10. The van der Waals surface area contributed by atoms with Gasteiger partial charge in [0, 0.05) is 20.1 Å². The highest BCUT2D eigenvalue weighted by Crippen LogP contribution is 2.10. The third-order valence-corrected chi connectivity index (χ3v) is 2.88. The zero-order valence-corrected chi connectivity index (χ0v) is 11.0. The number of esters is 1. The van der Waals surface area contributed by atoms with Gasteiger partial charge in [-0.3, -0.25) is 14.5 Å². The standard InChI is InChI=1S/C11H22N2O3/c1-8(11(15)16-6)9(2)13(5)7-10(14)12(3)4/h8-9H,7H2,1-6H3. The first kappa shape index (κ1) is 14.9. The molecule has 0 aromatic rings. The van der Waals surface area contributed by atoms with Gasteiger partial charge in [0.05, 0.1) is 19.6 Å². The second-order valence-electron chi connectivity index (χ2n) is 4.26. The van der Waals surface area contributed by atoms with E-state index in [1.54, 1.807) is 21.0 Å². The molecule has 0 fully saturated rings. The van der Waals surface area contributed by atoms with Crippen LogP contribution in [0.2, 0.25) is 0 Å². The molecule has 0 radical (unpaired) electrons. The second kappa shape index (κ2) is 6.48. The molecule has 0 aliphatic heterocycles. The third kappa shape index (κ3) is 4.18. The van der Waals surface area contributed by atoms with Gasteiger partial charge in [0.2, 0.25) is 5.91 Å². The highest BCUT2D eigenvalue weighted by molar-refractivity contribution is 5.78. The SMILES string of the molecule is COC(=O)C(C)C(C)N(C)CC(=O)N(C)C. The van der Waals surface area contributed by atoms with Crippen LogP contribution in [0, 0.1) is 5.92 Å². The average Bonchev–Trinajstić information content (AvgIpc) is 2.25. The lowest BCUT2D eigenvalue weighted by Crippen LogP contribution is -2.43. The molecule has 0 saturated carbocycles. The predicted octanol–water partition coefficient (Wildman–Crippen LogP) is 0.204. The van der Waals surface area contributed by atoms with Crippen molar-refractivity contribution in [2.24, 2.45) is 5.92 Å². The number of carbonyl (C=O) groups excluding carboxylic acids is 2. The summed E-state index contributed by atoms with van der Waals surface area (Å²) in [6.07, 6.45) is 0. The fraction of sp³-hybridized carbons (Fsp3) is 0.818. The number of hydrogen-bond donors (Lipinski definition) is 0. The minimum absolute atomic E-state index is 0.0198. The van der Waals surface area contributed by atoms with E-state index in [2.05, 4.69) is 4.74 Å². The van der Waals surface area contributed by atoms with Crippen molar-refractivity contribution in [3.05, 3.63) is 0 Å². The summed E-state index contributed by atoms with van der Waals surface area (Å²) < 4.78 is 4.67. The normalized spacial score (nSPS) is 14.4. The Morgan fingerprint density at radius 2 is 1.69 bits per heavy atom. The van der Waals surface area contributed by atoms with Crippen LogP contribution in [-0.4, -0.2) is 62.5 Å². The van der Waals surface area contributed by atoms with Crippen molar-refractivity contribution < 1.29 is 14.3 Å². The molecule has 5 heteroatoms. The number of likely N-dealkylation sites (N-methyl/N-ethyl adjacent to an activating group) is 2. The monoisotopic (exact) mass is 230 g/mol. The van der Waals surface area contributed by atoms with Crippen LogP contribution < -0.4 is 0 Å². The van der Waals surface area contributed by atoms with Crippen LogP contribution in [0.4, 0.5) is 0 Å². The van der Waals surface area contributed by atoms with Crippen LogP contribution >= 0.6 is 0 Å². The summed E-state index contributed by atoms with van der Waals surface area (Å²) in [7, 11) is 6.62. The molecule has 16 heavy (non-hydrogen) atoms. The second-order valence-corrected chi connectivity index (χ2v) is 4.26. The van der Waals surface area contributed by atoms with E-state index in [4.69, 9.17) is 0 Å². The van der Waals surface area contributed by atoms with Crippen LogP contribution in [0.1, 0.15) is 13.8 Å². The summed E-state index contributed by atoms with van der Waals surface area (Å²) in [5.74, 6) is -0.479. The van der Waals surface area contributed by atoms with Gasteiger partial charge in [0.15, 0.2) is 0 Å². The third-order valence-electron chi connectivity index (χ3n) is 2.88. The zero-order chi connectivity index (χ0) is 12.9. The molecule has 2 atom stereocenters. The number of ether oxygens (including phenoxy) is 1. The topological polar surface area (TPSA) is 49.9 Å². The summed E-state index contributed by atoms with van der Waals surface area (Å²) in [5, 5.41) is 0. The van der Waals surface area contributed by atoms with Crippen molar-refractivity contribution in [3.63, 3.8) is 0 Å². The highest BCUT2D eigenvalue weighted by atomic mass is 16.5. The Morgan fingerprint density at radius 3 is 2.06 bits per heavy atom. The minimum atomic E-state index is -0.253. The van der Waals surface area contributed by atoms with Crippen LogP contribution in [0.15, 0.2) is 0 Å². The molecular formula is C11H22N2O3. The van der Waals surface area contributed by atoms with Crippen molar-refractivity contribution in [2.45, 2.75) is 19.9 Å². The molecule has 0 bridgehead atoms. The van der Waals surface area contributed by atoms with Crippen LogP contribution in [0.25, 0.3) is 0 Å². The summed E-state index contributed by atoms with van der Waals surface area (Å²) >= 11 is 0. The number of rotatable bonds is 5. The summed E-state index contributed by atoms with van der Waals surface area (Å²) in [5.41, 5.74) is 0. The zero-order valence-electron chi connectivity index (χ0n) is 11.0. The minimum Gasteiger partial charge on any atom is -0.469 e. The van der Waals surface area contributed by atoms with Gasteiger partial charge in [-0.2, -0.15) is 0 Å². The van der Waals surface area contributed by atoms with Gasteiger partial charge >= 0.3 is 5.97 Å². The smallest absolute Gasteiger partial charge is 0.309 e. The van der Waals surface area contributed by atoms with E-state index in [1.165, 1.54) is 12.0 Å². The number of carbonyl (C=O) groups is 2. The molecular weight excluding hydrogens is 208 g/mol. The van der Waals surface area contributed by atoms with Gasteiger partial charge in [-0.25, -0.2) is 0 Å². The molecule has 0 spiro atoms. The van der Waals surface area contributed by atoms with Gasteiger partial charge in [-0.05, 0) is 14.0 Å². The highest BCUT2D eigenvalue weighted by Gasteiger charge is 2.25. The Kier molecular flexibility index (Phi) is 6.03. The largest absolute Gasteiger partial charge is 0.469 e. The molecule has 0 aromatic heterocycles. The first-order valence-corrected chi connectivity index (χ1v) is 5.29. The molecule has 0 saturated heterocycles. The van der Waals surface area contributed by atoms with E-state index >= 15 is 0 Å². The van der Waals surface area contributed by atoms with Gasteiger partial charge in [-0.1, -0.05) is 6.92 Å². The summed E-state index contributed by atoms with van der Waals surface area (Å²) in [4.78, 5) is 26.2. The van der Waals surface area contributed by atoms with Crippen LogP contribution in [-0.2, 0) is 14.3 Å². The van der Waals surface area contributed by atoms with Gasteiger partial charge in [0.25, 0.3) is 0 Å². The van der Waals surface area contributed by atoms with E-state index in [1.807, 2.05) is 18.9 Å². The van der Waals surface area contributed by atoms with Crippen molar-refractivity contribution >= 4 is 11.9 Å². The van der Waals surface area contributed by atoms with Gasteiger partial charge in [-0.15, -0.1) is 0 Å². The van der Waals surface area contributed by atoms with Gasteiger partial charge in [0.1, 0.15) is 0 Å². The van der Waals surface area contributed by atoms with E-state index < -0.39 is 0 Å². The summed E-state index contributed by atoms with van der Waals surface area (Å²) in [6, 6.07) is -0.0312. The maximum Gasteiger partial charge on any atom is 0.309 e. The molecule has 1 amide bonds. The molecule has 0 N–H and O–H groups in total. The summed E-state index contributed by atoms with van der Waals surface area (Å²) in [6.45, 7) is 4.01. The van der Waals surface area contributed by atoms with Crippen molar-refractivity contribution in [1.82, 2.24) is 9.80 Å². The number of amides is 1. The Morgan fingerprint density at radius 1 is 1.19 bits per heavy atom. The molecule has 0 aromatic carbocycles. The fourth-order valence-electron chi connectivity index (χ4n) is 1.26. The Bertz CT molecular complexity index is 254. The van der Waals surface area contributed by atoms with E-state index in [0.717, 1.165) is 0 Å². The number of hydrogen-bond acceptors (Lipinski definition) is 4. The fourth-order valence-corrected chi connectivity index (χ4v) is 1.26. The maximum absolute atomic E-state index is 11.5. The van der Waals surface area contributed by atoms with Crippen molar-refractivity contribution in [2.75, 3.05) is 34.8 Å². The molecule has 0 heterocycles. The van der Waals surface area contributed by atoms with Crippen LogP contribution in [0.3, 0.4) is 0 Å². The molecule has 94 valence electrons. The lowest BCUT2D eigenvalue weighted by molar-refractivity contribution is -0.147. The molecule has 2 unspecified atom stereocenters. The van der Waals surface area contributed by atoms with Crippen LogP contribution in [0.5, 0.6) is 0 Å². The van der Waals surface area contributed by atoms with Gasteiger partial charge < -0.3 is 9.64 Å². The van der Waals surface area contributed by atoms with Crippen molar-refractivity contribution in [3.8, 4) is 0 Å². The lowest BCUT2D eigenvalue weighted by Gasteiger charge is -2.28. The first-order valence-electron chi connectivity index (χ1n) is 5.29. The van der Waals surface area contributed by atoms with E-state index in [9.17, 15) is 9.59 Å².